The molecule has 0 aromatic heterocycles. The largest absolute Gasteiger partial charge is 0.478 e. The Balaban J connectivity index is 2.77. The van der Waals surface area contributed by atoms with Gasteiger partial charge in [0.25, 0.3) is 0 Å². The number of likely N-dealkylation sites (tertiary alicyclic amines) is 1. The SMILES string of the molecule is CCC(C=CN1CCCC1=O)=C(C)C(=O)O. The third kappa shape index (κ3) is 2.95. The summed E-state index contributed by atoms with van der Waals surface area (Å²) >= 11 is 0. The van der Waals surface area contributed by atoms with Gasteiger partial charge in [-0.25, -0.2) is 4.79 Å². The van der Waals surface area contributed by atoms with Crippen LogP contribution in [0, 0.1) is 0 Å². The molecule has 16 heavy (non-hydrogen) atoms. The summed E-state index contributed by atoms with van der Waals surface area (Å²) in [4.78, 5) is 23.8. The van der Waals surface area contributed by atoms with Crippen molar-refractivity contribution in [3.63, 3.8) is 0 Å². The predicted molar refractivity (Wildman–Crippen MR) is 60.7 cm³/mol. The molecule has 88 valence electrons. The molecule has 4 nitrogen and oxygen atoms in total. The number of aliphatic carboxylic acids is 1. The van der Waals surface area contributed by atoms with Crippen molar-refractivity contribution >= 4 is 11.9 Å². The lowest BCUT2D eigenvalue weighted by molar-refractivity contribution is -0.132. The van der Waals surface area contributed by atoms with Gasteiger partial charge < -0.3 is 10.0 Å². The lowest BCUT2D eigenvalue weighted by atomic mass is 10.1. The van der Waals surface area contributed by atoms with E-state index in [0.29, 0.717) is 18.4 Å². The first kappa shape index (κ1) is 12.5. The quantitative estimate of drug-likeness (QED) is 0.585. The van der Waals surface area contributed by atoms with Gasteiger partial charge in [-0.15, -0.1) is 0 Å². The summed E-state index contributed by atoms with van der Waals surface area (Å²) < 4.78 is 0. The van der Waals surface area contributed by atoms with Gasteiger partial charge in [0.1, 0.15) is 0 Å². The second-order valence-corrected chi connectivity index (χ2v) is 3.82. The van der Waals surface area contributed by atoms with Gasteiger partial charge >= 0.3 is 5.97 Å². The van der Waals surface area contributed by atoms with Crippen molar-refractivity contribution in [2.24, 2.45) is 0 Å². The standard InChI is InChI=1S/C12H17NO3/c1-3-10(9(2)12(15)16)6-8-13-7-4-5-11(13)14/h6,8H,3-5,7H2,1-2H3,(H,15,16). The fourth-order valence-electron chi connectivity index (χ4n) is 1.65. The minimum atomic E-state index is -0.908. The van der Waals surface area contributed by atoms with Crippen molar-refractivity contribution < 1.29 is 14.7 Å². The minimum Gasteiger partial charge on any atom is -0.478 e. The number of amides is 1. The number of carboxylic acids is 1. The first-order valence-corrected chi connectivity index (χ1v) is 5.47. The van der Waals surface area contributed by atoms with Crippen LogP contribution in [0.5, 0.6) is 0 Å². The second kappa shape index (κ2) is 5.49. The Morgan fingerprint density at radius 1 is 1.56 bits per heavy atom. The Hall–Kier alpha value is -1.58. The average Bonchev–Trinajstić information content (AvgIpc) is 2.65. The first-order chi connectivity index (χ1) is 7.56. The van der Waals surface area contributed by atoms with Crippen LogP contribution in [0.15, 0.2) is 23.4 Å². The summed E-state index contributed by atoms with van der Waals surface area (Å²) in [6, 6.07) is 0. The van der Waals surface area contributed by atoms with Crippen LogP contribution in [-0.2, 0) is 9.59 Å². The molecule has 0 radical (unpaired) electrons. The number of carbonyl (C=O) groups is 2. The van der Waals surface area contributed by atoms with E-state index in [0.717, 1.165) is 18.5 Å². The number of allylic oxidation sites excluding steroid dienone is 2. The van der Waals surface area contributed by atoms with Gasteiger partial charge in [-0.05, 0) is 31.4 Å². The summed E-state index contributed by atoms with van der Waals surface area (Å²) in [5.74, 6) is -0.797. The maximum absolute atomic E-state index is 11.3. The van der Waals surface area contributed by atoms with Gasteiger partial charge in [-0.1, -0.05) is 6.92 Å². The number of carbonyl (C=O) groups excluding carboxylic acids is 1. The smallest absolute Gasteiger partial charge is 0.331 e. The Labute approximate surface area is 95.2 Å². The molecule has 0 atom stereocenters. The van der Waals surface area contributed by atoms with Crippen LogP contribution < -0.4 is 0 Å². The van der Waals surface area contributed by atoms with E-state index in [1.165, 1.54) is 0 Å². The normalized spacial score (nSPS) is 18.1. The van der Waals surface area contributed by atoms with E-state index in [-0.39, 0.29) is 5.91 Å². The molecule has 0 spiro atoms. The molecule has 1 aliphatic rings. The highest BCUT2D eigenvalue weighted by Gasteiger charge is 2.17. The summed E-state index contributed by atoms with van der Waals surface area (Å²) in [5, 5.41) is 8.86. The Kier molecular flexibility index (Phi) is 4.28. The monoisotopic (exact) mass is 223 g/mol. The van der Waals surface area contributed by atoms with Crippen LogP contribution >= 0.6 is 0 Å². The van der Waals surface area contributed by atoms with E-state index in [1.54, 1.807) is 24.1 Å². The lowest BCUT2D eigenvalue weighted by Crippen LogP contribution is -2.17. The fraction of sp³-hybridized carbons (Fsp3) is 0.500. The number of nitrogens with zero attached hydrogens (tertiary/aromatic N) is 1. The zero-order chi connectivity index (χ0) is 12.1. The molecule has 1 amide bonds. The molecule has 0 bridgehead atoms. The van der Waals surface area contributed by atoms with Gasteiger partial charge in [0, 0.05) is 24.7 Å². The summed E-state index contributed by atoms with van der Waals surface area (Å²) in [5.41, 5.74) is 1.09. The molecular weight excluding hydrogens is 206 g/mol. The molecule has 1 fully saturated rings. The number of carboxylic acid groups (broad SMARTS) is 1. The molecule has 1 rings (SSSR count). The summed E-state index contributed by atoms with van der Waals surface area (Å²) in [6.45, 7) is 4.22. The van der Waals surface area contributed by atoms with Crippen molar-refractivity contribution in [2.75, 3.05) is 6.54 Å². The van der Waals surface area contributed by atoms with Crippen LogP contribution in [0.2, 0.25) is 0 Å². The maximum atomic E-state index is 11.3. The van der Waals surface area contributed by atoms with Crippen LogP contribution in [-0.4, -0.2) is 28.4 Å². The Morgan fingerprint density at radius 2 is 2.25 bits per heavy atom. The zero-order valence-corrected chi connectivity index (χ0v) is 9.69. The molecule has 1 saturated heterocycles. The van der Waals surface area contributed by atoms with E-state index in [1.807, 2.05) is 6.92 Å². The van der Waals surface area contributed by atoms with E-state index in [4.69, 9.17) is 5.11 Å². The predicted octanol–water partition coefficient (Wildman–Crippen LogP) is 1.93. The van der Waals surface area contributed by atoms with Crippen molar-refractivity contribution in [1.82, 2.24) is 4.90 Å². The Bertz CT molecular complexity index is 355. The van der Waals surface area contributed by atoms with E-state index in [2.05, 4.69) is 0 Å². The highest BCUT2D eigenvalue weighted by atomic mass is 16.4. The van der Waals surface area contributed by atoms with Gasteiger partial charge in [-0.3, -0.25) is 4.79 Å². The number of rotatable bonds is 4. The number of hydrogen-bond donors (Lipinski definition) is 1. The second-order valence-electron chi connectivity index (χ2n) is 3.82. The summed E-state index contributed by atoms with van der Waals surface area (Å²) in [6.07, 6.45) is 5.55. The molecule has 0 aromatic carbocycles. The van der Waals surface area contributed by atoms with E-state index >= 15 is 0 Å². The summed E-state index contributed by atoms with van der Waals surface area (Å²) in [7, 11) is 0. The highest BCUT2D eigenvalue weighted by Crippen LogP contribution is 2.14. The molecule has 0 aliphatic carbocycles. The molecule has 1 heterocycles. The topological polar surface area (TPSA) is 57.6 Å². The molecular formula is C12H17NO3. The van der Waals surface area contributed by atoms with Crippen molar-refractivity contribution in [3.05, 3.63) is 23.4 Å². The molecule has 0 aromatic rings. The van der Waals surface area contributed by atoms with E-state index < -0.39 is 5.97 Å². The van der Waals surface area contributed by atoms with Crippen LogP contribution in [0.25, 0.3) is 0 Å². The van der Waals surface area contributed by atoms with Gasteiger partial charge in [0.05, 0.1) is 0 Å². The van der Waals surface area contributed by atoms with Crippen LogP contribution in [0.3, 0.4) is 0 Å². The van der Waals surface area contributed by atoms with Crippen molar-refractivity contribution in [2.45, 2.75) is 33.1 Å². The molecule has 4 heteroatoms. The first-order valence-electron chi connectivity index (χ1n) is 5.47. The zero-order valence-electron chi connectivity index (χ0n) is 9.69. The van der Waals surface area contributed by atoms with Crippen LogP contribution in [0.4, 0.5) is 0 Å². The van der Waals surface area contributed by atoms with Gasteiger partial charge in [-0.2, -0.15) is 0 Å². The van der Waals surface area contributed by atoms with Gasteiger partial charge in [0.2, 0.25) is 5.91 Å². The molecule has 1 aliphatic heterocycles. The Morgan fingerprint density at radius 3 is 2.69 bits per heavy atom. The third-order valence-electron chi connectivity index (χ3n) is 2.75. The molecule has 0 saturated carbocycles. The highest BCUT2D eigenvalue weighted by molar-refractivity contribution is 5.87. The molecule has 1 N–H and O–H groups in total. The van der Waals surface area contributed by atoms with Gasteiger partial charge in [0.15, 0.2) is 0 Å². The molecule has 0 unspecified atom stereocenters. The van der Waals surface area contributed by atoms with Crippen LogP contribution in [0.1, 0.15) is 33.1 Å². The lowest BCUT2D eigenvalue weighted by Gasteiger charge is -2.09. The third-order valence-corrected chi connectivity index (χ3v) is 2.75. The van der Waals surface area contributed by atoms with Crippen molar-refractivity contribution in [1.29, 1.82) is 0 Å². The van der Waals surface area contributed by atoms with E-state index in [9.17, 15) is 9.59 Å². The fourth-order valence-corrected chi connectivity index (χ4v) is 1.65. The maximum Gasteiger partial charge on any atom is 0.331 e. The average molecular weight is 223 g/mol. The number of hydrogen-bond acceptors (Lipinski definition) is 2. The van der Waals surface area contributed by atoms with Crippen molar-refractivity contribution in [3.8, 4) is 0 Å². The minimum absolute atomic E-state index is 0.111.